The van der Waals surface area contributed by atoms with Crippen molar-refractivity contribution in [3.05, 3.63) is 93.6 Å². The summed E-state index contributed by atoms with van der Waals surface area (Å²) in [6.45, 7) is 2.83. The van der Waals surface area contributed by atoms with Crippen LogP contribution in [-0.4, -0.2) is 13.2 Å². The summed E-state index contributed by atoms with van der Waals surface area (Å²) in [6, 6.07) is 22.3. The van der Waals surface area contributed by atoms with Crippen LogP contribution < -0.4 is 14.9 Å². The van der Waals surface area contributed by atoms with Crippen LogP contribution in [0.5, 0.6) is 11.5 Å². The highest BCUT2D eigenvalue weighted by molar-refractivity contribution is 6.31. The van der Waals surface area contributed by atoms with E-state index in [-0.39, 0.29) is 11.2 Å². The molecule has 0 N–H and O–H groups in total. The molecular weight excluding hydrogens is 400 g/mol. The van der Waals surface area contributed by atoms with Gasteiger partial charge in [-0.3, -0.25) is 4.79 Å². The molecule has 0 radical (unpaired) electrons. The largest absolute Gasteiger partial charge is 0.493 e. The molecule has 4 nitrogen and oxygen atoms in total. The molecule has 0 bridgehead atoms. The van der Waals surface area contributed by atoms with Gasteiger partial charge < -0.3 is 13.9 Å². The molecular formula is C25H21ClO4. The summed E-state index contributed by atoms with van der Waals surface area (Å²) < 4.78 is 17.7. The number of benzene rings is 3. The quantitative estimate of drug-likeness (QED) is 0.330. The van der Waals surface area contributed by atoms with E-state index in [1.807, 2.05) is 61.5 Å². The fourth-order valence-corrected chi connectivity index (χ4v) is 3.29. The zero-order valence-electron chi connectivity index (χ0n) is 16.6. The smallest absolute Gasteiger partial charge is 0.235 e. The van der Waals surface area contributed by atoms with Gasteiger partial charge in [-0.25, -0.2) is 0 Å². The third kappa shape index (κ3) is 4.50. The van der Waals surface area contributed by atoms with Crippen molar-refractivity contribution < 1.29 is 13.9 Å². The van der Waals surface area contributed by atoms with Crippen molar-refractivity contribution in [1.82, 2.24) is 0 Å². The van der Waals surface area contributed by atoms with Crippen molar-refractivity contribution in [2.45, 2.75) is 13.3 Å². The van der Waals surface area contributed by atoms with Crippen LogP contribution in [0.4, 0.5) is 0 Å². The molecule has 0 spiro atoms. The minimum Gasteiger partial charge on any atom is -0.493 e. The van der Waals surface area contributed by atoms with Gasteiger partial charge in [0.25, 0.3) is 0 Å². The van der Waals surface area contributed by atoms with Gasteiger partial charge >= 0.3 is 0 Å². The lowest BCUT2D eigenvalue weighted by molar-refractivity contribution is 0.244. The maximum absolute atomic E-state index is 13.1. The molecule has 4 rings (SSSR count). The number of ether oxygens (including phenoxy) is 2. The molecule has 0 saturated heterocycles. The van der Waals surface area contributed by atoms with Gasteiger partial charge in [-0.15, -0.1) is 0 Å². The second-order valence-corrected chi connectivity index (χ2v) is 7.40. The number of rotatable bonds is 7. The average molecular weight is 421 g/mol. The molecule has 0 saturated carbocycles. The summed E-state index contributed by atoms with van der Waals surface area (Å²) in [5.74, 6) is 1.41. The Hall–Kier alpha value is -3.24. The van der Waals surface area contributed by atoms with Crippen molar-refractivity contribution in [3.63, 3.8) is 0 Å². The van der Waals surface area contributed by atoms with Crippen LogP contribution in [0.3, 0.4) is 0 Å². The number of hydrogen-bond acceptors (Lipinski definition) is 4. The van der Waals surface area contributed by atoms with Crippen molar-refractivity contribution in [3.8, 4) is 22.8 Å². The van der Waals surface area contributed by atoms with Gasteiger partial charge in [0.05, 0.1) is 18.6 Å². The summed E-state index contributed by atoms with van der Waals surface area (Å²) in [6.07, 6.45) is 0.620. The van der Waals surface area contributed by atoms with Crippen LogP contribution in [0.2, 0.25) is 5.02 Å². The van der Waals surface area contributed by atoms with Crippen molar-refractivity contribution >= 4 is 22.6 Å². The fraction of sp³-hybridized carbons (Fsp3) is 0.160. The Morgan fingerprint density at radius 2 is 1.63 bits per heavy atom. The predicted octanol–water partition coefficient (Wildman–Crippen LogP) is 6.27. The van der Waals surface area contributed by atoms with Crippen LogP contribution in [0.25, 0.3) is 22.3 Å². The third-order valence-electron chi connectivity index (χ3n) is 4.67. The monoisotopic (exact) mass is 420 g/mol. The molecule has 0 amide bonds. The number of fused-ring (bicyclic) bond motifs is 1. The highest BCUT2D eigenvalue weighted by atomic mass is 35.5. The van der Waals surface area contributed by atoms with Crippen molar-refractivity contribution in [2.75, 3.05) is 13.2 Å². The molecule has 1 heterocycles. The maximum Gasteiger partial charge on any atom is 0.235 e. The van der Waals surface area contributed by atoms with Crippen molar-refractivity contribution in [2.24, 2.45) is 0 Å². The van der Waals surface area contributed by atoms with Gasteiger partial charge in [0.1, 0.15) is 11.3 Å². The van der Waals surface area contributed by atoms with Gasteiger partial charge in [0.15, 0.2) is 5.76 Å². The minimum absolute atomic E-state index is 0.186. The Morgan fingerprint density at radius 3 is 2.40 bits per heavy atom. The fourth-order valence-electron chi connectivity index (χ4n) is 3.12. The van der Waals surface area contributed by atoms with Gasteiger partial charge in [0.2, 0.25) is 11.2 Å². The molecule has 0 aliphatic carbocycles. The Morgan fingerprint density at radius 1 is 0.900 bits per heavy atom. The van der Waals surface area contributed by atoms with E-state index in [0.717, 1.165) is 11.3 Å². The molecule has 30 heavy (non-hydrogen) atoms. The molecule has 152 valence electrons. The first-order chi connectivity index (χ1) is 14.6. The molecule has 0 fully saturated rings. The molecule has 1 aromatic heterocycles. The summed E-state index contributed by atoms with van der Waals surface area (Å²) in [5, 5.41) is 0.868. The predicted molar refractivity (Wildman–Crippen MR) is 120 cm³/mol. The highest BCUT2D eigenvalue weighted by Gasteiger charge is 2.18. The highest BCUT2D eigenvalue weighted by Crippen LogP contribution is 2.31. The molecule has 4 aromatic rings. The topological polar surface area (TPSA) is 48.7 Å². The Kier molecular flexibility index (Phi) is 6.05. The summed E-state index contributed by atoms with van der Waals surface area (Å²) in [4.78, 5) is 13.1. The average Bonchev–Trinajstić information content (AvgIpc) is 2.77. The zero-order valence-corrected chi connectivity index (χ0v) is 17.3. The second-order valence-electron chi connectivity index (χ2n) is 6.96. The van der Waals surface area contributed by atoms with E-state index in [4.69, 9.17) is 25.5 Å². The Balaban J connectivity index is 1.55. The third-order valence-corrected chi connectivity index (χ3v) is 4.91. The normalized spacial score (nSPS) is 10.9. The second kappa shape index (κ2) is 9.06. The summed E-state index contributed by atoms with van der Waals surface area (Å²) >= 11 is 6.08. The van der Waals surface area contributed by atoms with E-state index in [1.165, 1.54) is 5.56 Å². The first-order valence-corrected chi connectivity index (χ1v) is 10.1. The van der Waals surface area contributed by atoms with Gasteiger partial charge in [-0.2, -0.15) is 0 Å². The standard InChI is InChI=1S/C25H21ClO4/c1-17-8-11-20(12-9-17)28-14-5-15-29-25-23(27)21-16-19(26)10-13-22(21)30-24(25)18-6-3-2-4-7-18/h2-4,6-13,16H,5,14-15H2,1H3. The summed E-state index contributed by atoms with van der Waals surface area (Å²) in [5.41, 5.74) is 2.19. The lowest BCUT2D eigenvalue weighted by Crippen LogP contribution is -2.13. The van der Waals surface area contributed by atoms with E-state index < -0.39 is 0 Å². The van der Waals surface area contributed by atoms with Crippen LogP contribution in [0.15, 0.2) is 82.0 Å². The van der Waals surface area contributed by atoms with Crippen LogP contribution in [0.1, 0.15) is 12.0 Å². The molecule has 3 aromatic carbocycles. The van der Waals surface area contributed by atoms with E-state index in [1.54, 1.807) is 18.2 Å². The van der Waals surface area contributed by atoms with Crippen LogP contribution in [-0.2, 0) is 0 Å². The Bertz CT molecular complexity index is 1200. The number of aryl methyl sites for hydroxylation is 1. The van der Waals surface area contributed by atoms with E-state index in [0.29, 0.717) is 41.4 Å². The minimum atomic E-state index is -0.239. The van der Waals surface area contributed by atoms with E-state index in [2.05, 4.69) is 0 Å². The number of halogens is 1. The molecule has 0 atom stereocenters. The first-order valence-electron chi connectivity index (χ1n) is 9.76. The number of hydrogen-bond donors (Lipinski definition) is 0. The SMILES string of the molecule is Cc1ccc(OCCCOc2c(-c3ccccc3)oc3ccc(Cl)cc3c2=O)cc1. The maximum atomic E-state index is 13.1. The molecule has 5 heteroatoms. The van der Waals surface area contributed by atoms with Crippen LogP contribution >= 0.6 is 11.6 Å². The van der Waals surface area contributed by atoms with E-state index >= 15 is 0 Å². The lowest BCUT2D eigenvalue weighted by atomic mass is 10.1. The van der Waals surface area contributed by atoms with E-state index in [9.17, 15) is 4.79 Å². The van der Waals surface area contributed by atoms with Gasteiger partial charge in [0, 0.05) is 17.0 Å². The molecule has 0 aliphatic rings. The Labute approximate surface area is 179 Å². The van der Waals surface area contributed by atoms with Gasteiger partial charge in [-0.1, -0.05) is 59.6 Å². The van der Waals surface area contributed by atoms with Crippen LogP contribution in [0, 0.1) is 6.92 Å². The lowest BCUT2D eigenvalue weighted by Gasteiger charge is -2.12. The molecule has 0 unspecified atom stereocenters. The molecule has 0 aliphatic heterocycles. The van der Waals surface area contributed by atoms with Crippen molar-refractivity contribution in [1.29, 1.82) is 0 Å². The van der Waals surface area contributed by atoms with Gasteiger partial charge in [-0.05, 0) is 37.3 Å². The first kappa shape index (κ1) is 20.0. The zero-order chi connectivity index (χ0) is 20.9. The summed E-state index contributed by atoms with van der Waals surface area (Å²) in [7, 11) is 0.